The maximum atomic E-state index is 16.0. The van der Waals surface area contributed by atoms with Crippen molar-refractivity contribution in [2.45, 2.75) is 26.4 Å². The Morgan fingerprint density at radius 2 is 1.89 bits per heavy atom. The largest absolute Gasteiger partial charge is 0.490 e. The van der Waals surface area contributed by atoms with Crippen molar-refractivity contribution in [3.8, 4) is 39.5 Å². The minimum Gasteiger partial charge on any atom is -0.490 e. The molecule has 1 aliphatic rings. The van der Waals surface area contributed by atoms with Gasteiger partial charge in [0.25, 0.3) is 0 Å². The van der Waals surface area contributed by atoms with Crippen LogP contribution in [0.25, 0.3) is 55.6 Å². The Hall–Kier alpha value is -5.36. The minimum absolute atomic E-state index is 0.0108. The first kappa shape index (κ1) is 30.3. The summed E-state index contributed by atoms with van der Waals surface area (Å²) >= 11 is 0. The number of rotatable bonds is 8. The van der Waals surface area contributed by atoms with Crippen molar-refractivity contribution in [1.29, 1.82) is 0 Å². The summed E-state index contributed by atoms with van der Waals surface area (Å²) < 4.78 is 51.4. The fourth-order valence-corrected chi connectivity index (χ4v) is 6.33. The van der Waals surface area contributed by atoms with Gasteiger partial charge in [0.05, 0.1) is 42.2 Å². The molecule has 0 fully saturated rings. The lowest BCUT2D eigenvalue weighted by atomic mass is 9.94. The highest BCUT2D eigenvalue weighted by Gasteiger charge is 2.31. The molecule has 4 aromatic heterocycles. The van der Waals surface area contributed by atoms with E-state index in [1.807, 2.05) is 54.5 Å². The van der Waals surface area contributed by atoms with Gasteiger partial charge in [0, 0.05) is 60.4 Å². The predicted molar refractivity (Wildman–Crippen MR) is 173 cm³/mol. The normalized spacial score (nSPS) is 14.6. The van der Waals surface area contributed by atoms with Crippen LogP contribution in [0.1, 0.15) is 24.4 Å². The topological polar surface area (TPSA) is 100 Å². The van der Waals surface area contributed by atoms with E-state index in [-0.39, 0.29) is 36.5 Å². The first-order valence-electron chi connectivity index (χ1n) is 15.2. The van der Waals surface area contributed by atoms with E-state index >= 15 is 4.39 Å². The number of carbonyl (C=O) groups excluding carboxylic acids is 1. The number of methoxy groups -OCH3 is 1. The first-order chi connectivity index (χ1) is 22.7. The number of aromatic nitrogens is 5. The molecule has 0 N–H and O–H groups in total. The molecule has 240 valence electrons. The Balaban J connectivity index is 1.50. The smallest absolute Gasteiger partial charge is 0.246 e. The second-order valence-corrected chi connectivity index (χ2v) is 11.5. The molecule has 0 unspecified atom stereocenters. The molecule has 6 aromatic rings. The van der Waals surface area contributed by atoms with Gasteiger partial charge in [-0.15, -0.1) is 0 Å². The van der Waals surface area contributed by atoms with Gasteiger partial charge in [-0.25, -0.2) is 13.8 Å². The van der Waals surface area contributed by atoms with E-state index in [1.165, 1.54) is 19.4 Å². The van der Waals surface area contributed by atoms with Gasteiger partial charge < -0.3 is 18.8 Å². The van der Waals surface area contributed by atoms with Gasteiger partial charge in [0.2, 0.25) is 5.91 Å². The monoisotopic (exact) mass is 638 g/mol. The van der Waals surface area contributed by atoms with E-state index in [0.29, 0.717) is 46.7 Å². The van der Waals surface area contributed by atoms with Crippen molar-refractivity contribution < 1.29 is 27.5 Å². The van der Waals surface area contributed by atoms with Crippen molar-refractivity contribution in [3.63, 3.8) is 0 Å². The molecule has 1 amide bonds. The highest BCUT2D eigenvalue weighted by molar-refractivity contribution is 6.07. The van der Waals surface area contributed by atoms with Gasteiger partial charge in [-0.2, -0.15) is 10.2 Å². The Labute approximate surface area is 268 Å². The van der Waals surface area contributed by atoms with Crippen LogP contribution in [0.4, 0.5) is 8.78 Å². The van der Waals surface area contributed by atoms with Gasteiger partial charge in [0.1, 0.15) is 41.1 Å². The Bertz CT molecular complexity index is 2200. The number of benzene rings is 2. The van der Waals surface area contributed by atoms with E-state index in [1.54, 1.807) is 11.0 Å². The molecule has 1 atom stereocenters. The summed E-state index contributed by atoms with van der Waals surface area (Å²) in [5.41, 5.74) is 5.36. The van der Waals surface area contributed by atoms with Crippen molar-refractivity contribution in [1.82, 2.24) is 29.4 Å². The number of pyridine rings is 1. The SMILES string of the molecule is C=CC(=O)N1CCn2nc(-c3nc(-c4ccc5c(C)n(C)nc5c4)c4occc4c3-c3c(F)cc(F)cc3OCCOC)cc2[C@H]1C. The minimum atomic E-state index is -0.832. The number of carbonyl (C=O) groups is 1. The van der Waals surface area contributed by atoms with Crippen LogP contribution in [0, 0.1) is 18.6 Å². The number of halogens is 2. The molecule has 0 aliphatic carbocycles. The lowest BCUT2D eigenvalue weighted by Gasteiger charge is -2.33. The molecule has 0 radical (unpaired) electrons. The highest BCUT2D eigenvalue weighted by atomic mass is 19.1. The first-order valence-corrected chi connectivity index (χ1v) is 15.2. The molecular formula is C35H32F2N6O4. The van der Waals surface area contributed by atoms with Crippen LogP contribution in [0.2, 0.25) is 0 Å². The molecule has 2 aromatic carbocycles. The zero-order valence-corrected chi connectivity index (χ0v) is 26.4. The number of nitrogens with zero attached hydrogens (tertiary/aromatic N) is 6. The lowest BCUT2D eigenvalue weighted by molar-refractivity contribution is -0.129. The third kappa shape index (κ3) is 5.05. The van der Waals surface area contributed by atoms with Gasteiger partial charge in [-0.1, -0.05) is 18.7 Å². The molecular weight excluding hydrogens is 606 g/mol. The number of aryl methyl sites for hydroxylation is 2. The van der Waals surface area contributed by atoms with Crippen LogP contribution < -0.4 is 4.74 Å². The number of hydrogen-bond acceptors (Lipinski definition) is 7. The lowest BCUT2D eigenvalue weighted by Crippen LogP contribution is -2.40. The number of hydrogen-bond donors (Lipinski definition) is 0. The molecule has 1 aliphatic heterocycles. The molecule has 0 saturated heterocycles. The average molecular weight is 639 g/mol. The molecule has 5 heterocycles. The maximum absolute atomic E-state index is 16.0. The quantitative estimate of drug-likeness (QED) is 0.137. The molecule has 10 nitrogen and oxygen atoms in total. The molecule has 12 heteroatoms. The summed E-state index contributed by atoms with van der Waals surface area (Å²) in [6.45, 7) is 8.73. The van der Waals surface area contributed by atoms with E-state index in [2.05, 4.69) is 11.7 Å². The van der Waals surface area contributed by atoms with Crippen LogP contribution in [0.15, 0.2) is 65.8 Å². The predicted octanol–water partition coefficient (Wildman–Crippen LogP) is 6.61. The van der Waals surface area contributed by atoms with Crippen molar-refractivity contribution in [2.75, 3.05) is 26.9 Å². The standard InChI is InChI=1S/C35H32F2N6O4/c1-6-30(44)42-10-11-43-28(20(42)3)18-27(40-43)34-31(32-25(37)16-22(36)17-29(32)46-14-13-45-5)24-9-12-47-35(24)33(38-34)21-7-8-23-19(2)41(4)39-26(23)15-21/h6-9,12,15-18,20H,1,10-11,13-14H2,2-5H3/t20-/m1/s1. The van der Waals surface area contributed by atoms with Gasteiger partial charge >= 0.3 is 0 Å². The van der Waals surface area contributed by atoms with Crippen molar-refractivity contribution >= 4 is 27.8 Å². The van der Waals surface area contributed by atoms with Gasteiger partial charge in [-0.05, 0) is 38.1 Å². The summed E-state index contributed by atoms with van der Waals surface area (Å²) in [5, 5.41) is 11.1. The summed E-state index contributed by atoms with van der Waals surface area (Å²) in [4.78, 5) is 19.4. The average Bonchev–Trinajstić information content (AvgIpc) is 3.78. The number of furan rings is 1. The number of amides is 1. The highest BCUT2D eigenvalue weighted by Crippen LogP contribution is 2.46. The molecule has 0 saturated carbocycles. The summed E-state index contributed by atoms with van der Waals surface area (Å²) in [6.07, 6.45) is 2.81. The molecule has 0 bridgehead atoms. The zero-order chi connectivity index (χ0) is 33.0. The van der Waals surface area contributed by atoms with Crippen molar-refractivity contribution in [3.05, 3.63) is 84.4 Å². The molecule has 7 rings (SSSR count). The van der Waals surface area contributed by atoms with E-state index in [9.17, 15) is 9.18 Å². The fourth-order valence-electron chi connectivity index (χ4n) is 6.33. The second kappa shape index (κ2) is 11.8. The fraction of sp³-hybridized carbons (Fsp3) is 0.257. The van der Waals surface area contributed by atoms with Crippen molar-refractivity contribution in [2.24, 2.45) is 7.05 Å². The molecule has 47 heavy (non-hydrogen) atoms. The molecule has 0 spiro atoms. The van der Waals surface area contributed by atoms with Crippen LogP contribution in [-0.2, 0) is 23.1 Å². The Morgan fingerprint density at radius 1 is 1.06 bits per heavy atom. The number of fused-ring (bicyclic) bond motifs is 3. The van der Waals surface area contributed by atoms with Crippen LogP contribution in [0.5, 0.6) is 5.75 Å². The number of ether oxygens (including phenoxy) is 2. The van der Waals surface area contributed by atoms with Crippen LogP contribution in [0.3, 0.4) is 0 Å². The van der Waals surface area contributed by atoms with E-state index in [4.69, 9.17) is 24.0 Å². The van der Waals surface area contributed by atoms with Crippen LogP contribution in [-0.4, -0.2) is 62.2 Å². The Morgan fingerprint density at radius 3 is 2.68 bits per heavy atom. The Kier molecular flexibility index (Phi) is 7.59. The van der Waals surface area contributed by atoms with Gasteiger partial charge in [0.15, 0.2) is 5.58 Å². The third-order valence-corrected chi connectivity index (χ3v) is 8.79. The summed E-state index contributed by atoms with van der Waals surface area (Å²) in [7, 11) is 3.40. The third-order valence-electron chi connectivity index (χ3n) is 8.79. The van der Waals surface area contributed by atoms with Gasteiger partial charge in [-0.3, -0.25) is 14.2 Å². The maximum Gasteiger partial charge on any atom is 0.246 e. The zero-order valence-electron chi connectivity index (χ0n) is 26.4. The second-order valence-electron chi connectivity index (χ2n) is 11.5. The van der Waals surface area contributed by atoms with E-state index < -0.39 is 11.6 Å². The van der Waals surface area contributed by atoms with Crippen LogP contribution >= 0.6 is 0 Å². The van der Waals surface area contributed by atoms with E-state index in [0.717, 1.165) is 40.0 Å². The summed E-state index contributed by atoms with van der Waals surface area (Å²) in [5.74, 6) is -1.81. The summed E-state index contributed by atoms with van der Waals surface area (Å²) in [6, 6.07) is 11.1.